The van der Waals surface area contributed by atoms with Gasteiger partial charge in [-0.25, -0.2) is 0 Å². The van der Waals surface area contributed by atoms with Crippen molar-refractivity contribution in [3.05, 3.63) is 0 Å². The van der Waals surface area contributed by atoms with E-state index < -0.39 is 18.2 Å². The van der Waals surface area contributed by atoms with Crippen LogP contribution in [-0.2, 0) is 10.1 Å². The van der Waals surface area contributed by atoms with Crippen LogP contribution in [0.2, 0.25) is 0 Å². The molecule has 0 saturated carbocycles. The van der Waals surface area contributed by atoms with Gasteiger partial charge in [-0.3, -0.25) is 0 Å². The second kappa shape index (κ2) is 12.5. The van der Waals surface area contributed by atoms with Gasteiger partial charge < -0.3 is 0 Å². The number of hydrogen-bond acceptors (Lipinski definition) is 0. The Kier molecular flexibility index (Phi) is 24.0. The molecule has 0 amide bonds. The number of rotatable bonds is 0. The summed E-state index contributed by atoms with van der Waals surface area (Å²) in [6.45, 7) is 0. The first kappa shape index (κ1) is 13.4. The molecule has 0 bridgehead atoms. The fourth-order valence-corrected chi connectivity index (χ4v) is 0. The van der Waals surface area contributed by atoms with E-state index in [-0.39, 0.29) is 10.1 Å². The van der Waals surface area contributed by atoms with Gasteiger partial charge in [0, 0.05) is 0 Å². The molecule has 0 aromatic carbocycles. The van der Waals surface area contributed by atoms with Crippen molar-refractivity contribution in [1.82, 2.24) is 0 Å². The summed E-state index contributed by atoms with van der Waals surface area (Å²) in [5, 5.41) is 0. The van der Waals surface area contributed by atoms with Gasteiger partial charge in [-0.2, -0.15) is 0 Å². The number of halogens is 5. The molecule has 0 aliphatic rings. The van der Waals surface area contributed by atoms with Crippen molar-refractivity contribution in [1.29, 1.82) is 0 Å². The SMILES string of the molecule is [Cl][Bi]([Cl])[Cl].[I][Zn][I]. The predicted molar refractivity (Wildman–Crippen MR) is 51.4 cm³/mol. The Labute approximate surface area is 90.7 Å². The molecule has 0 rings (SSSR count). The minimum absolute atomic E-state index is 0.0650. The molecule has 7 heteroatoms. The molecule has 0 aromatic rings. The minimum atomic E-state index is -2.18. The van der Waals surface area contributed by atoms with Crippen LogP contribution in [0.1, 0.15) is 0 Å². The topological polar surface area (TPSA) is 0 Å². The molecule has 0 fully saturated rings. The summed E-state index contributed by atoms with van der Waals surface area (Å²) in [7, 11) is 15.1. The van der Waals surface area contributed by atoms with Crippen LogP contribution >= 0.6 is 65.0 Å². The van der Waals surface area contributed by atoms with Gasteiger partial charge >= 0.3 is 93.3 Å². The molecule has 0 unspecified atom stereocenters. The summed E-state index contributed by atoms with van der Waals surface area (Å²) in [4.78, 5) is 0. The fourth-order valence-electron chi connectivity index (χ4n) is 0. The van der Waals surface area contributed by atoms with Gasteiger partial charge in [-0.15, -0.1) is 0 Å². The van der Waals surface area contributed by atoms with E-state index in [1.165, 1.54) is 0 Å². The quantitative estimate of drug-likeness (QED) is 0.283. The van der Waals surface area contributed by atoms with Crippen molar-refractivity contribution >= 4 is 83.2 Å². The Balaban J connectivity index is 0. The average Bonchev–Trinajstić information content (AvgIpc) is 1.33. The summed E-state index contributed by atoms with van der Waals surface area (Å²) in [6, 6.07) is 0. The molecule has 0 aromatic heterocycles. The molecule has 0 saturated heterocycles. The van der Waals surface area contributed by atoms with E-state index in [1.807, 2.05) is 0 Å². The maximum absolute atomic E-state index is 5.01. The van der Waals surface area contributed by atoms with Gasteiger partial charge in [0.25, 0.3) is 0 Å². The van der Waals surface area contributed by atoms with Gasteiger partial charge in [-0.05, 0) is 0 Å². The van der Waals surface area contributed by atoms with E-state index in [4.69, 9.17) is 25.5 Å². The average molecular weight is 635 g/mol. The summed E-state index contributed by atoms with van der Waals surface area (Å²) >= 11 is 2.75. The standard InChI is InChI=1S/Bi.3ClH.2HI.Zn/h;5*1H;/q+3;;;;;;+2/p-5. The van der Waals surface area contributed by atoms with E-state index in [1.54, 1.807) is 0 Å². The molecule has 42 valence electrons. The van der Waals surface area contributed by atoms with Crippen LogP contribution in [0.4, 0.5) is 0 Å². The molecule has 0 atom stereocenters. The van der Waals surface area contributed by atoms with Crippen LogP contribution in [0.25, 0.3) is 0 Å². The molecule has 0 N–H and O–H groups in total. The third-order valence-corrected chi connectivity index (χ3v) is 0. The second-order valence-corrected chi connectivity index (χ2v) is 38.8. The zero-order chi connectivity index (χ0) is 6.28. The van der Waals surface area contributed by atoms with E-state index in [0.717, 1.165) is 0 Å². The second-order valence-electron chi connectivity index (χ2n) is 0.293. The Morgan fingerprint density at radius 3 is 1.14 bits per heavy atom. The Morgan fingerprint density at radius 1 is 1.14 bits per heavy atom. The third kappa shape index (κ3) is 41.0. The van der Waals surface area contributed by atoms with E-state index >= 15 is 0 Å². The van der Waals surface area contributed by atoms with Gasteiger partial charge in [0.05, 0.1) is 0 Å². The molecular formula is BiCl3I2Zn. The van der Waals surface area contributed by atoms with Crippen molar-refractivity contribution in [3.8, 4) is 0 Å². The Hall–Kier alpha value is 3.84. The molecule has 0 nitrogen and oxygen atoms in total. The van der Waals surface area contributed by atoms with Crippen molar-refractivity contribution in [2.75, 3.05) is 0 Å². The zero-order valence-corrected chi connectivity index (χ0v) is 16.1. The van der Waals surface area contributed by atoms with Gasteiger partial charge in [0.1, 0.15) is 0 Å². The van der Waals surface area contributed by atoms with E-state index in [9.17, 15) is 0 Å². The first-order valence-corrected chi connectivity index (χ1v) is 32.0. The third-order valence-electron chi connectivity index (χ3n) is 0. The Morgan fingerprint density at radius 2 is 1.14 bits per heavy atom. The van der Waals surface area contributed by atoms with Crippen LogP contribution in [0, 0.1) is 0 Å². The molecule has 0 spiro atoms. The summed E-state index contributed by atoms with van der Waals surface area (Å²) < 4.78 is 0. The van der Waals surface area contributed by atoms with Crippen molar-refractivity contribution < 1.29 is 10.1 Å². The van der Waals surface area contributed by atoms with Crippen LogP contribution in [0.15, 0.2) is 0 Å². The molecular weight excluding hydrogens is 635 g/mol. The molecule has 0 aliphatic heterocycles. The molecule has 0 heterocycles. The van der Waals surface area contributed by atoms with Crippen LogP contribution in [0.3, 0.4) is 0 Å². The van der Waals surface area contributed by atoms with Crippen molar-refractivity contribution in [3.63, 3.8) is 0 Å². The molecule has 0 aliphatic carbocycles. The summed E-state index contributed by atoms with van der Waals surface area (Å²) in [5.74, 6) is 0. The monoisotopic (exact) mass is 632 g/mol. The summed E-state index contributed by atoms with van der Waals surface area (Å²) in [5.41, 5.74) is 0. The molecule has 0 radical (unpaired) electrons. The predicted octanol–water partition coefficient (Wildman–Crippen LogP) is 3.46. The first-order chi connectivity index (χ1) is 3.15. The van der Waals surface area contributed by atoms with Gasteiger partial charge in [0.2, 0.25) is 0 Å². The van der Waals surface area contributed by atoms with Gasteiger partial charge in [-0.1, -0.05) is 0 Å². The van der Waals surface area contributed by atoms with Crippen LogP contribution in [0.5, 0.6) is 0 Å². The zero-order valence-electron chi connectivity index (χ0n) is 3.04. The van der Waals surface area contributed by atoms with Gasteiger partial charge in [0.15, 0.2) is 0 Å². The van der Waals surface area contributed by atoms with E-state index in [2.05, 4.69) is 39.5 Å². The van der Waals surface area contributed by atoms with Crippen LogP contribution < -0.4 is 0 Å². The van der Waals surface area contributed by atoms with Crippen molar-refractivity contribution in [2.45, 2.75) is 0 Å². The maximum atomic E-state index is 5.01. The Bertz CT molecular complexity index is 24.1. The van der Waals surface area contributed by atoms with E-state index in [0.29, 0.717) is 0 Å². The van der Waals surface area contributed by atoms with Crippen LogP contribution in [-0.4, -0.2) is 18.2 Å². The number of hydrogen-bond donors (Lipinski definition) is 0. The summed E-state index contributed by atoms with van der Waals surface area (Å²) in [6.07, 6.45) is 0. The normalized spacial score (nSPS) is 6.57. The molecule has 7 heavy (non-hydrogen) atoms. The van der Waals surface area contributed by atoms with Crippen molar-refractivity contribution in [2.24, 2.45) is 0 Å². The fraction of sp³-hybridized carbons (Fsp3) is 0. The first-order valence-electron chi connectivity index (χ1n) is 1.04.